The highest BCUT2D eigenvalue weighted by atomic mass is 35.5. The number of morpholine rings is 1. The molecule has 1 saturated heterocycles. The predicted octanol–water partition coefficient (Wildman–Crippen LogP) is 3.24. The predicted molar refractivity (Wildman–Crippen MR) is 94.5 cm³/mol. The fourth-order valence-electron chi connectivity index (χ4n) is 2.08. The standard InChI is InChI=1S/C15H15ClNO2S3/c16-12-3-1-11(2-4-12)13(18)10-20-15-9-14(21-22-15)17-5-7-19-8-6-17/h1-4,9H,5-8,10H2/q+1. The van der Waals surface area contributed by atoms with Gasteiger partial charge in [-0.05, 0) is 34.6 Å². The first kappa shape index (κ1) is 16.2. The number of hydrogen-bond acceptors (Lipinski definition) is 5. The van der Waals surface area contributed by atoms with E-state index in [4.69, 9.17) is 16.3 Å². The van der Waals surface area contributed by atoms with Crippen molar-refractivity contribution in [3.05, 3.63) is 45.6 Å². The summed E-state index contributed by atoms with van der Waals surface area (Å²) >= 11 is 7.44. The molecule has 1 aliphatic rings. The molecule has 22 heavy (non-hydrogen) atoms. The van der Waals surface area contributed by atoms with E-state index in [2.05, 4.69) is 10.6 Å². The minimum Gasteiger partial charge on any atom is -0.368 e. The molecule has 3 rings (SSSR count). The number of rotatable bonds is 4. The summed E-state index contributed by atoms with van der Waals surface area (Å²) in [5, 5.41) is 0.652. The zero-order valence-corrected chi connectivity index (χ0v) is 15.0. The number of carbonyl (C=O) groups excluding carboxylic acids is 1. The lowest BCUT2D eigenvalue weighted by Gasteiger charge is -2.09. The number of benzene rings is 1. The first-order valence-electron chi connectivity index (χ1n) is 6.90. The summed E-state index contributed by atoms with van der Waals surface area (Å²) in [4.78, 5) is 12.2. The van der Waals surface area contributed by atoms with Crippen LogP contribution in [0.1, 0.15) is 10.4 Å². The fourth-order valence-corrected chi connectivity index (χ4v) is 5.99. The van der Waals surface area contributed by atoms with E-state index in [-0.39, 0.29) is 5.78 Å². The molecule has 0 saturated carbocycles. The van der Waals surface area contributed by atoms with Gasteiger partial charge in [-0.2, -0.15) is 0 Å². The van der Waals surface area contributed by atoms with Crippen LogP contribution in [-0.4, -0.2) is 37.8 Å². The monoisotopic (exact) mass is 372 g/mol. The second-order valence-electron chi connectivity index (χ2n) is 4.79. The Hall–Kier alpha value is -0.660. The molecule has 0 bridgehead atoms. The molecule has 1 aromatic carbocycles. The van der Waals surface area contributed by atoms with Gasteiger partial charge in [-0.1, -0.05) is 21.9 Å². The van der Waals surface area contributed by atoms with Gasteiger partial charge in [0.1, 0.15) is 13.2 Å². The molecule has 0 spiro atoms. The fraction of sp³-hybridized carbons (Fsp3) is 0.333. The molecule has 0 N–H and O–H groups in total. The molecule has 7 heteroatoms. The Morgan fingerprint density at radius 2 is 1.95 bits per heavy atom. The van der Waals surface area contributed by atoms with Crippen LogP contribution in [0.2, 0.25) is 5.02 Å². The number of nitrogens with zero attached hydrogens (tertiary/aromatic N) is 1. The summed E-state index contributed by atoms with van der Waals surface area (Å²) in [7, 11) is 3.50. The molecule has 0 amide bonds. The molecular weight excluding hydrogens is 358 g/mol. The minimum absolute atomic E-state index is 0.132. The lowest BCUT2D eigenvalue weighted by molar-refractivity contribution is 0.0971. The Kier molecular flexibility index (Phi) is 5.71. The normalized spacial score (nSPS) is 15.0. The van der Waals surface area contributed by atoms with E-state index >= 15 is 0 Å². The van der Waals surface area contributed by atoms with Gasteiger partial charge in [0.15, 0.2) is 18.9 Å². The van der Waals surface area contributed by atoms with E-state index in [1.165, 1.54) is 8.88 Å². The van der Waals surface area contributed by atoms with Crippen molar-refractivity contribution in [1.82, 2.24) is 4.58 Å². The van der Waals surface area contributed by atoms with Crippen molar-refractivity contribution in [2.45, 2.75) is 4.21 Å². The second-order valence-corrected chi connectivity index (χ2v) is 8.69. The lowest BCUT2D eigenvalue weighted by atomic mass is 10.1. The number of thioether (sulfide) groups is 1. The van der Waals surface area contributed by atoms with Crippen molar-refractivity contribution in [1.29, 1.82) is 0 Å². The van der Waals surface area contributed by atoms with E-state index in [9.17, 15) is 4.79 Å². The molecular formula is C15H15ClNO2S3+. The summed E-state index contributed by atoms with van der Waals surface area (Å²) < 4.78 is 10.2. The van der Waals surface area contributed by atoms with Crippen LogP contribution in [0, 0.1) is 0 Å². The van der Waals surface area contributed by atoms with Gasteiger partial charge in [0.2, 0.25) is 0 Å². The highest BCUT2D eigenvalue weighted by molar-refractivity contribution is 8.03. The molecule has 0 aliphatic carbocycles. The molecule has 0 atom stereocenters. The zero-order valence-electron chi connectivity index (χ0n) is 11.8. The van der Waals surface area contributed by atoms with Crippen molar-refractivity contribution in [2.24, 2.45) is 0 Å². The van der Waals surface area contributed by atoms with Crippen molar-refractivity contribution < 1.29 is 9.53 Å². The molecule has 1 fully saturated rings. The third kappa shape index (κ3) is 4.20. The van der Waals surface area contributed by atoms with Gasteiger partial charge in [-0.15, -0.1) is 11.8 Å². The molecule has 1 aliphatic heterocycles. The van der Waals surface area contributed by atoms with Crippen LogP contribution in [0.4, 0.5) is 0 Å². The molecule has 0 unspecified atom stereocenters. The van der Waals surface area contributed by atoms with E-state index in [0.717, 1.165) is 26.3 Å². The van der Waals surface area contributed by atoms with Crippen molar-refractivity contribution in [3.63, 3.8) is 0 Å². The molecule has 116 valence electrons. The zero-order chi connectivity index (χ0) is 15.4. The SMILES string of the molecule is O=C(CSc1cc(=[N+]2CCOCC2)ss1)c1ccc(Cl)cc1. The number of hydrogen-bond donors (Lipinski definition) is 0. The Morgan fingerprint density at radius 3 is 2.68 bits per heavy atom. The Balaban J connectivity index is 1.63. The molecule has 0 radical (unpaired) electrons. The number of carbonyl (C=O) groups is 1. The highest BCUT2D eigenvalue weighted by Crippen LogP contribution is 2.25. The average molecular weight is 373 g/mol. The smallest absolute Gasteiger partial charge is 0.268 e. The van der Waals surface area contributed by atoms with Gasteiger partial charge in [0.05, 0.1) is 9.96 Å². The largest absolute Gasteiger partial charge is 0.368 e. The summed E-state index contributed by atoms with van der Waals surface area (Å²) in [6, 6.07) is 9.25. The molecule has 2 aromatic rings. The van der Waals surface area contributed by atoms with Gasteiger partial charge >= 0.3 is 0 Å². The number of ether oxygens (including phenoxy) is 1. The average Bonchev–Trinajstić information content (AvgIpc) is 3.03. The Morgan fingerprint density at radius 1 is 1.23 bits per heavy atom. The molecule has 2 heterocycles. The van der Waals surface area contributed by atoms with E-state index < -0.39 is 0 Å². The lowest BCUT2D eigenvalue weighted by Crippen LogP contribution is -2.38. The summed E-state index contributed by atoms with van der Waals surface area (Å²) in [6.07, 6.45) is 0. The van der Waals surface area contributed by atoms with Crippen LogP contribution in [-0.2, 0) is 4.74 Å². The van der Waals surface area contributed by atoms with Gasteiger partial charge in [0, 0.05) is 16.7 Å². The van der Waals surface area contributed by atoms with E-state index in [1.807, 2.05) is 0 Å². The number of Topliss-reactive ketones (excluding diaryl/α,β-unsaturated/α-hetero) is 1. The van der Waals surface area contributed by atoms with Crippen LogP contribution in [0.5, 0.6) is 0 Å². The topological polar surface area (TPSA) is 29.3 Å². The maximum atomic E-state index is 12.2. The first-order valence-corrected chi connectivity index (χ1v) is 10.4. The van der Waals surface area contributed by atoms with Crippen LogP contribution in [0.25, 0.3) is 0 Å². The third-order valence-corrected chi connectivity index (χ3v) is 7.48. The summed E-state index contributed by atoms with van der Waals surface area (Å²) in [6.45, 7) is 3.47. The quantitative estimate of drug-likeness (QED) is 0.357. The van der Waals surface area contributed by atoms with Crippen LogP contribution < -0.4 is 9.25 Å². The van der Waals surface area contributed by atoms with Gasteiger partial charge in [0.25, 0.3) is 4.67 Å². The number of ketones is 1. The molecule has 1 aromatic heterocycles. The van der Waals surface area contributed by atoms with Gasteiger partial charge in [-0.25, -0.2) is 4.58 Å². The second kappa shape index (κ2) is 7.75. The minimum atomic E-state index is 0.132. The van der Waals surface area contributed by atoms with Crippen molar-refractivity contribution >= 4 is 49.8 Å². The van der Waals surface area contributed by atoms with Crippen LogP contribution in [0.15, 0.2) is 34.5 Å². The highest BCUT2D eigenvalue weighted by Gasteiger charge is 2.14. The first-order chi connectivity index (χ1) is 10.7. The summed E-state index contributed by atoms with van der Waals surface area (Å²) in [5.41, 5.74) is 0.713. The summed E-state index contributed by atoms with van der Waals surface area (Å²) in [5.74, 6) is 0.588. The molecule has 3 nitrogen and oxygen atoms in total. The van der Waals surface area contributed by atoms with Crippen molar-refractivity contribution in [3.8, 4) is 0 Å². The van der Waals surface area contributed by atoms with Crippen LogP contribution in [0.3, 0.4) is 0 Å². The Bertz CT molecular complexity index is 713. The van der Waals surface area contributed by atoms with Crippen LogP contribution >= 0.6 is 44.0 Å². The van der Waals surface area contributed by atoms with E-state index in [0.29, 0.717) is 16.3 Å². The van der Waals surface area contributed by atoms with Crippen molar-refractivity contribution in [2.75, 3.05) is 32.1 Å². The number of halogens is 1. The van der Waals surface area contributed by atoms with Gasteiger partial charge in [-0.3, -0.25) is 4.79 Å². The van der Waals surface area contributed by atoms with Gasteiger partial charge < -0.3 is 4.74 Å². The van der Waals surface area contributed by atoms with E-state index in [1.54, 1.807) is 56.7 Å². The maximum absolute atomic E-state index is 12.2. The third-order valence-electron chi connectivity index (χ3n) is 3.28. The Labute approximate surface area is 145 Å². The maximum Gasteiger partial charge on any atom is 0.268 e.